The third kappa shape index (κ3) is 2.22. The van der Waals surface area contributed by atoms with Gasteiger partial charge in [0.05, 0.1) is 16.2 Å². The fourth-order valence-electron chi connectivity index (χ4n) is 0.733. The van der Waals surface area contributed by atoms with Crippen molar-refractivity contribution < 1.29 is 9.53 Å². The summed E-state index contributed by atoms with van der Waals surface area (Å²) in [6.07, 6.45) is 0. The van der Waals surface area contributed by atoms with Crippen LogP contribution < -0.4 is 5.73 Å². The van der Waals surface area contributed by atoms with Gasteiger partial charge in [0.2, 0.25) is 0 Å². The number of aromatic nitrogens is 1. The Balaban J connectivity index is 3.23. The van der Waals surface area contributed by atoms with Crippen LogP contribution in [0.4, 0.5) is 5.82 Å². The Morgan fingerprint density at radius 3 is 2.92 bits per heavy atom. The number of carbonyl (C=O) groups excluding carboxylic acids is 1. The summed E-state index contributed by atoms with van der Waals surface area (Å²) in [7, 11) is 1.28. The molecular weight excluding hydrogens is 306 g/mol. The van der Waals surface area contributed by atoms with Gasteiger partial charge in [0.15, 0.2) is 0 Å². The van der Waals surface area contributed by atoms with E-state index in [9.17, 15) is 4.79 Å². The predicted molar refractivity (Wildman–Crippen MR) is 57.7 cm³/mol. The summed E-state index contributed by atoms with van der Waals surface area (Å²) < 4.78 is 5.17. The number of pyridine rings is 1. The molecule has 0 spiro atoms. The molecule has 0 atom stereocenters. The van der Waals surface area contributed by atoms with Crippen molar-refractivity contribution in [2.45, 2.75) is 0 Å². The largest absolute Gasteiger partial charge is 0.465 e. The van der Waals surface area contributed by atoms with Gasteiger partial charge in [-0.25, -0.2) is 9.78 Å². The lowest BCUT2D eigenvalue weighted by Crippen LogP contribution is -2.06. The Labute approximate surface area is 93.6 Å². The number of ether oxygens (including phenoxy) is 1. The first-order valence-electron chi connectivity index (χ1n) is 3.26. The molecule has 0 aliphatic carbocycles. The summed E-state index contributed by atoms with van der Waals surface area (Å²) in [5.74, 6) is -0.214. The minimum Gasteiger partial charge on any atom is -0.465 e. The van der Waals surface area contributed by atoms with E-state index in [2.05, 4.69) is 9.72 Å². The number of rotatable bonds is 1. The van der Waals surface area contributed by atoms with Crippen LogP contribution in [0.25, 0.3) is 0 Å². The van der Waals surface area contributed by atoms with Crippen LogP contribution in [0.2, 0.25) is 5.15 Å². The number of halogens is 2. The molecule has 0 unspecified atom stereocenters. The molecule has 70 valence electrons. The first-order chi connectivity index (χ1) is 6.06. The standard InChI is InChI=1S/C7H6ClIN2O2/c1-13-7(12)3-2-4(9)6(10)11-5(3)8/h2H,1H3,(H2,10,11). The van der Waals surface area contributed by atoms with E-state index in [1.807, 2.05) is 22.6 Å². The van der Waals surface area contributed by atoms with E-state index < -0.39 is 5.97 Å². The minimum absolute atomic E-state index is 0.0600. The van der Waals surface area contributed by atoms with Crippen molar-refractivity contribution >= 4 is 46.0 Å². The summed E-state index contributed by atoms with van der Waals surface area (Å²) in [6.45, 7) is 0. The van der Waals surface area contributed by atoms with Gasteiger partial charge in [-0.05, 0) is 28.7 Å². The lowest BCUT2D eigenvalue weighted by atomic mass is 10.3. The lowest BCUT2D eigenvalue weighted by Gasteiger charge is -2.03. The van der Waals surface area contributed by atoms with E-state index in [1.165, 1.54) is 13.2 Å². The Morgan fingerprint density at radius 2 is 2.38 bits per heavy atom. The average Bonchev–Trinajstić information content (AvgIpc) is 2.10. The van der Waals surface area contributed by atoms with Crippen molar-refractivity contribution in [1.82, 2.24) is 4.98 Å². The minimum atomic E-state index is -0.518. The molecule has 0 fully saturated rings. The average molecular weight is 312 g/mol. The monoisotopic (exact) mass is 312 g/mol. The molecule has 1 aromatic rings. The molecule has 2 N–H and O–H groups in total. The number of nitrogens with zero attached hydrogens (tertiary/aromatic N) is 1. The fraction of sp³-hybridized carbons (Fsp3) is 0.143. The highest BCUT2D eigenvalue weighted by atomic mass is 127. The van der Waals surface area contributed by atoms with Gasteiger partial charge in [0.25, 0.3) is 0 Å². The molecule has 6 heteroatoms. The van der Waals surface area contributed by atoms with E-state index in [0.717, 1.165) is 0 Å². The maximum absolute atomic E-state index is 11.1. The first kappa shape index (κ1) is 10.5. The van der Waals surface area contributed by atoms with Crippen LogP contribution in [0, 0.1) is 3.57 Å². The molecule has 0 aromatic carbocycles. The van der Waals surface area contributed by atoms with E-state index in [1.54, 1.807) is 0 Å². The van der Waals surface area contributed by atoms with E-state index >= 15 is 0 Å². The number of nitrogen functional groups attached to an aromatic ring is 1. The van der Waals surface area contributed by atoms with Crippen molar-refractivity contribution in [3.8, 4) is 0 Å². The quantitative estimate of drug-likeness (QED) is 0.487. The summed E-state index contributed by atoms with van der Waals surface area (Å²) in [5, 5.41) is 0.0600. The molecule has 0 bridgehead atoms. The van der Waals surface area contributed by atoms with Crippen LogP contribution in [-0.2, 0) is 4.74 Å². The SMILES string of the molecule is COC(=O)c1cc(I)c(N)nc1Cl. The maximum atomic E-state index is 11.1. The number of esters is 1. The molecule has 0 aliphatic heterocycles. The second kappa shape index (κ2) is 4.10. The van der Waals surface area contributed by atoms with Crippen molar-refractivity contribution in [2.24, 2.45) is 0 Å². The molecular formula is C7H6ClIN2O2. The molecule has 0 radical (unpaired) electrons. The molecule has 4 nitrogen and oxygen atoms in total. The number of nitrogens with two attached hydrogens (primary N) is 1. The molecule has 0 aliphatic rings. The zero-order valence-electron chi connectivity index (χ0n) is 6.67. The number of hydrogen-bond donors (Lipinski definition) is 1. The first-order valence-corrected chi connectivity index (χ1v) is 4.71. The molecule has 1 heterocycles. The Bertz CT molecular complexity index is 357. The van der Waals surface area contributed by atoms with Crippen LogP contribution in [0.1, 0.15) is 10.4 Å². The molecule has 13 heavy (non-hydrogen) atoms. The molecule has 0 saturated carbocycles. The number of anilines is 1. The van der Waals surface area contributed by atoms with Crippen molar-refractivity contribution in [3.63, 3.8) is 0 Å². The fourth-order valence-corrected chi connectivity index (χ4v) is 1.39. The lowest BCUT2D eigenvalue weighted by molar-refractivity contribution is 0.0600. The third-order valence-electron chi connectivity index (χ3n) is 1.36. The van der Waals surface area contributed by atoms with Crippen LogP contribution in [0.5, 0.6) is 0 Å². The van der Waals surface area contributed by atoms with E-state index in [4.69, 9.17) is 17.3 Å². The van der Waals surface area contributed by atoms with Crippen LogP contribution >= 0.6 is 34.2 Å². The highest BCUT2D eigenvalue weighted by Crippen LogP contribution is 2.21. The van der Waals surface area contributed by atoms with Gasteiger partial charge in [-0.15, -0.1) is 0 Å². The highest BCUT2D eigenvalue weighted by Gasteiger charge is 2.13. The molecule has 1 rings (SSSR count). The molecule has 0 amide bonds. The Morgan fingerprint density at radius 1 is 1.77 bits per heavy atom. The summed E-state index contributed by atoms with van der Waals surface area (Å²) in [6, 6.07) is 1.54. The van der Waals surface area contributed by atoms with Crippen LogP contribution in [0.15, 0.2) is 6.07 Å². The van der Waals surface area contributed by atoms with Gasteiger partial charge in [0.1, 0.15) is 11.0 Å². The molecule has 0 saturated heterocycles. The van der Waals surface area contributed by atoms with Gasteiger partial charge in [0, 0.05) is 0 Å². The van der Waals surface area contributed by atoms with Gasteiger partial charge in [-0.2, -0.15) is 0 Å². The Hall–Kier alpha value is -0.560. The van der Waals surface area contributed by atoms with Crippen molar-refractivity contribution in [1.29, 1.82) is 0 Å². The van der Waals surface area contributed by atoms with E-state index in [-0.39, 0.29) is 10.7 Å². The zero-order valence-corrected chi connectivity index (χ0v) is 9.59. The van der Waals surface area contributed by atoms with Gasteiger partial charge in [-0.1, -0.05) is 11.6 Å². The van der Waals surface area contributed by atoms with Gasteiger partial charge < -0.3 is 10.5 Å². The van der Waals surface area contributed by atoms with E-state index in [0.29, 0.717) is 9.39 Å². The smallest absolute Gasteiger partial charge is 0.341 e. The number of carbonyl (C=O) groups is 1. The van der Waals surface area contributed by atoms with Gasteiger partial charge in [-0.3, -0.25) is 0 Å². The Kier molecular flexibility index (Phi) is 3.32. The van der Waals surface area contributed by atoms with Crippen LogP contribution in [-0.4, -0.2) is 18.1 Å². The number of hydrogen-bond acceptors (Lipinski definition) is 4. The molecule has 1 aromatic heterocycles. The number of methoxy groups -OCH3 is 1. The summed E-state index contributed by atoms with van der Waals surface area (Å²) in [4.78, 5) is 14.9. The second-order valence-corrected chi connectivity index (χ2v) is 3.71. The normalized spacial score (nSPS) is 9.77. The van der Waals surface area contributed by atoms with Crippen LogP contribution in [0.3, 0.4) is 0 Å². The summed E-state index contributed by atoms with van der Waals surface area (Å²) >= 11 is 7.64. The van der Waals surface area contributed by atoms with Crippen molar-refractivity contribution in [3.05, 3.63) is 20.4 Å². The summed E-state index contributed by atoms with van der Waals surface area (Å²) in [5.41, 5.74) is 5.70. The highest BCUT2D eigenvalue weighted by molar-refractivity contribution is 14.1. The van der Waals surface area contributed by atoms with Gasteiger partial charge >= 0.3 is 5.97 Å². The maximum Gasteiger partial charge on any atom is 0.341 e. The topological polar surface area (TPSA) is 65.2 Å². The second-order valence-electron chi connectivity index (χ2n) is 2.19. The van der Waals surface area contributed by atoms with Crippen molar-refractivity contribution in [2.75, 3.05) is 12.8 Å². The zero-order chi connectivity index (χ0) is 10.0. The third-order valence-corrected chi connectivity index (χ3v) is 2.51. The predicted octanol–water partition coefficient (Wildman–Crippen LogP) is 1.71.